The maximum Gasteiger partial charge on any atom is 0.240 e. The van der Waals surface area contributed by atoms with E-state index in [0.717, 1.165) is 12.1 Å². The van der Waals surface area contributed by atoms with Crippen molar-refractivity contribution in [3.8, 4) is 0 Å². The lowest BCUT2D eigenvalue weighted by atomic mass is 9.99. The average molecular weight is 336 g/mol. The van der Waals surface area contributed by atoms with E-state index < -0.39 is 11.6 Å². The van der Waals surface area contributed by atoms with Gasteiger partial charge in [0.1, 0.15) is 12.4 Å². The summed E-state index contributed by atoms with van der Waals surface area (Å²) in [5, 5.41) is 5.66. The fourth-order valence-corrected chi connectivity index (χ4v) is 3.00. The van der Waals surface area contributed by atoms with Crippen LogP contribution in [0.4, 0.5) is 8.78 Å². The summed E-state index contributed by atoms with van der Waals surface area (Å²) >= 11 is 0. The summed E-state index contributed by atoms with van der Waals surface area (Å²) in [7, 11) is 0. The molecule has 1 aromatic heterocycles. The van der Waals surface area contributed by atoms with E-state index in [9.17, 15) is 18.4 Å². The Balaban J connectivity index is 1.77. The predicted molar refractivity (Wildman–Crippen MR) is 83.2 cm³/mol. The van der Waals surface area contributed by atoms with Gasteiger partial charge in [0.05, 0.1) is 11.0 Å². The third-order valence-electron chi connectivity index (χ3n) is 4.30. The van der Waals surface area contributed by atoms with E-state index in [1.165, 1.54) is 0 Å². The van der Waals surface area contributed by atoms with E-state index >= 15 is 0 Å². The Bertz CT molecular complexity index is 818. The highest BCUT2D eigenvalue weighted by Crippen LogP contribution is 2.20. The number of fused-ring (bicyclic) bond motifs is 1. The first kappa shape index (κ1) is 16.4. The van der Waals surface area contributed by atoms with Crippen LogP contribution in [0.25, 0.3) is 11.0 Å². The highest BCUT2D eigenvalue weighted by molar-refractivity contribution is 5.82. The minimum Gasteiger partial charge on any atom is -0.352 e. The van der Waals surface area contributed by atoms with Gasteiger partial charge in [0.2, 0.25) is 11.8 Å². The van der Waals surface area contributed by atoms with Crippen LogP contribution in [0.15, 0.2) is 12.1 Å². The van der Waals surface area contributed by atoms with E-state index in [-0.39, 0.29) is 30.4 Å². The normalized spacial score (nSPS) is 20.9. The molecule has 0 aliphatic carbocycles. The second kappa shape index (κ2) is 6.18. The summed E-state index contributed by atoms with van der Waals surface area (Å²) in [5.74, 6) is -1.75. The molecule has 2 amide bonds. The number of nitrogens with zero attached hydrogens (tertiary/aromatic N) is 2. The summed E-state index contributed by atoms with van der Waals surface area (Å²) in [4.78, 5) is 27.8. The predicted octanol–water partition coefficient (Wildman–Crippen LogP) is 1.41. The van der Waals surface area contributed by atoms with Crippen molar-refractivity contribution in [2.75, 3.05) is 0 Å². The number of halogens is 2. The number of piperidine rings is 1. The number of hydrogen-bond acceptors (Lipinski definition) is 3. The van der Waals surface area contributed by atoms with Crippen molar-refractivity contribution in [2.24, 2.45) is 0 Å². The van der Waals surface area contributed by atoms with Crippen LogP contribution in [0, 0.1) is 18.6 Å². The van der Waals surface area contributed by atoms with Gasteiger partial charge in [-0.2, -0.15) is 0 Å². The fraction of sp³-hybridized carbons (Fsp3) is 0.438. The Morgan fingerprint density at radius 3 is 2.83 bits per heavy atom. The third-order valence-corrected chi connectivity index (χ3v) is 4.30. The minimum absolute atomic E-state index is 0.0260. The van der Waals surface area contributed by atoms with Gasteiger partial charge in [-0.1, -0.05) is 0 Å². The topological polar surface area (TPSA) is 76.0 Å². The molecule has 0 spiro atoms. The number of carbonyl (C=O) groups excluding carboxylic acids is 2. The average Bonchev–Trinajstić information content (AvgIpc) is 2.78. The van der Waals surface area contributed by atoms with Gasteiger partial charge in [-0.3, -0.25) is 9.59 Å². The molecule has 2 aromatic rings. The standard InChI is InChI=1S/C16H18F2N4O2/c1-8-12(3-4-15(23)19-8)21-16(24)7-22-9(2)20-13-5-10(17)11(18)6-14(13)22/h5-6,8,12H,3-4,7H2,1-2H3,(H,19,23)(H,21,24). The molecule has 128 valence electrons. The van der Waals surface area contributed by atoms with Crippen LogP contribution < -0.4 is 10.6 Å². The first-order chi connectivity index (χ1) is 11.3. The van der Waals surface area contributed by atoms with Gasteiger partial charge in [0, 0.05) is 30.6 Å². The smallest absolute Gasteiger partial charge is 0.240 e. The van der Waals surface area contributed by atoms with Crippen molar-refractivity contribution in [1.29, 1.82) is 0 Å². The van der Waals surface area contributed by atoms with Crippen LogP contribution in [-0.2, 0) is 16.1 Å². The van der Waals surface area contributed by atoms with Crippen LogP contribution in [0.3, 0.4) is 0 Å². The monoisotopic (exact) mass is 336 g/mol. The molecular weight excluding hydrogens is 318 g/mol. The van der Waals surface area contributed by atoms with Crippen LogP contribution in [-0.4, -0.2) is 33.4 Å². The molecule has 1 saturated heterocycles. The van der Waals surface area contributed by atoms with Gasteiger partial charge in [-0.25, -0.2) is 13.8 Å². The lowest BCUT2D eigenvalue weighted by Gasteiger charge is -2.30. The highest BCUT2D eigenvalue weighted by Gasteiger charge is 2.26. The van der Waals surface area contributed by atoms with Gasteiger partial charge in [0.15, 0.2) is 11.6 Å². The summed E-state index contributed by atoms with van der Waals surface area (Å²) in [6, 6.07) is 1.76. The molecule has 2 unspecified atom stereocenters. The molecule has 0 saturated carbocycles. The maximum absolute atomic E-state index is 13.5. The van der Waals surface area contributed by atoms with Crippen molar-refractivity contribution in [1.82, 2.24) is 20.2 Å². The van der Waals surface area contributed by atoms with Crippen LogP contribution in [0.2, 0.25) is 0 Å². The summed E-state index contributed by atoms with van der Waals surface area (Å²) in [6.07, 6.45) is 0.940. The van der Waals surface area contributed by atoms with Gasteiger partial charge in [-0.05, 0) is 20.3 Å². The quantitative estimate of drug-likeness (QED) is 0.890. The molecule has 1 aliphatic rings. The Hall–Kier alpha value is -2.51. The molecule has 1 fully saturated rings. The van der Waals surface area contributed by atoms with Gasteiger partial charge < -0.3 is 15.2 Å². The van der Waals surface area contributed by atoms with Crippen molar-refractivity contribution < 1.29 is 18.4 Å². The summed E-state index contributed by atoms with van der Waals surface area (Å²) in [5.41, 5.74) is 0.670. The number of imidazole rings is 1. The van der Waals surface area contributed by atoms with E-state index in [1.54, 1.807) is 11.5 Å². The number of carbonyl (C=O) groups is 2. The molecule has 24 heavy (non-hydrogen) atoms. The number of aromatic nitrogens is 2. The molecule has 1 aliphatic heterocycles. The lowest BCUT2D eigenvalue weighted by molar-refractivity contribution is -0.127. The SMILES string of the molecule is Cc1nc2cc(F)c(F)cc2n1CC(=O)NC1CCC(=O)NC1C. The van der Waals surface area contributed by atoms with Crippen molar-refractivity contribution in [3.05, 3.63) is 29.6 Å². The third kappa shape index (κ3) is 3.08. The zero-order valence-electron chi connectivity index (χ0n) is 13.4. The molecule has 0 bridgehead atoms. The van der Waals surface area contributed by atoms with E-state index in [2.05, 4.69) is 15.6 Å². The molecule has 2 atom stereocenters. The Kier molecular flexibility index (Phi) is 4.21. The zero-order valence-corrected chi connectivity index (χ0v) is 13.4. The first-order valence-corrected chi connectivity index (χ1v) is 7.75. The van der Waals surface area contributed by atoms with Crippen LogP contribution in [0.1, 0.15) is 25.6 Å². The summed E-state index contributed by atoms with van der Waals surface area (Å²) in [6.45, 7) is 3.45. The fourth-order valence-electron chi connectivity index (χ4n) is 3.00. The summed E-state index contributed by atoms with van der Waals surface area (Å²) < 4.78 is 28.3. The van der Waals surface area contributed by atoms with Crippen molar-refractivity contribution in [3.63, 3.8) is 0 Å². The Labute approximate surface area is 137 Å². The second-order valence-electron chi connectivity index (χ2n) is 6.07. The number of aryl methyl sites for hydroxylation is 1. The number of nitrogens with one attached hydrogen (secondary N) is 2. The zero-order chi connectivity index (χ0) is 17.4. The first-order valence-electron chi connectivity index (χ1n) is 7.75. The van der Waals surface area contributed by atoms with Gasteiger partial charge in [0.25, 0.3) is 0 Å². The molecule has 0 radical (unpaired) electrons. The van der Waals surface area contributed by atoms with E-state index in [4.69, 9.17) is 0 Å². The highest BCUT2D eigenvalue weighted by atomic mass is 19.2. The van der Waals surface area contributed by atoms with Crippen LogP contribution in [0.5, 0.6) is 0 Å². The van der Waals surface area contributed by atoms with Crippen molar-refractivity contribution >= 4 is 22.8 Å². The molecular formula is C16H18F2N4O2. The Morgan fingerprint density at radius 2 is 2.12 bits per heavy atom. The van der Waals surface area contributed by atoms with Crippen molar-refractivity contribution in [2.45, 2.75) is 45.3 Å². The molecule has 3 rings (SSSR count). The molecule has 8 heteroatoms. The maximum atomic E-state index is 13.5. The Morgan fingerprint density at radius 1 is 1.42 bits per heavy atom. The lowest BCUT2D eigenvalue weighted by Crippen LogP contribution is -2.54. The largest absolute Gasteiger partial charge is 0.352 e. The van der Waals surface area contributed by atoms with Gasteiger partial charge in [-0.15, -0.1) is 0 Å². The van der Waals surface area contributed by atoms with E-state index in [0.29, 0.717) is 29.7 Å². The van der Waals surface area contributed by atoms with Gasteiger partial charge >= 0.3 is 0 Å². The van der Waals surface area contributed by atoms with Crippen LogP contribution >= 0.6 is 0 Å². The number of amides is 2. The molecule has 6 nitrogen and oxygen atoms in total. The number of rotatable bonds is 3. The second-order valence-corrected chi connectivity index (χ2v) is 6.07. The molecule has 2 heterocycles. The minimum atomic E-state index is -0.979. The molecule has 2 N–H and O–H groups in total. The number of hydrogen-bond donors (Lipinski definition) is 2. The number of benzene rings is 1. The van der Waals surface area contributed by atoms with E-state index in [1.807, 2.05) is 6.92 Å². The molecule has 1 aromatic carbocycles.